The van der Waals surface area contributed by atoms with Crippen LogP contribution in [-0.2, 0) is 19.2 Å². The van der Waals surface area contributed by atoms with Gasteiger partial charge in [0, 0.05) is 25.0 Å². The van der Waals surface area contributed by atoms with Crippen molar-refractivity contribution in [2.45, 2.75) is 141 Å². The first kappa shape index (κ1) is 36.7. The number of nitrogens with one attached hydrogen (secondary N) is 4. The van der Waals surface area contributed by atoms with Gasteiger partial charge in [0.1, 0.15) is 23.8 Å². The molecule has 0 spiro atoms. The van der Waals surface area contributed by atoms with Crippen molar-refractivity contribution in [2.24, 2.45) is 23.2 Å². The number of carbonyl (C=O) groups excluding carboxylic acids is 5. The highest BCUT2D eigenvalue weighted by Gasteiger charge is 2.52. The first-order valence-electron chi connectivity index (χ1n) is 18.4. The van der Waals surface area contributed by atoms with Crippen LogP contribution < -0.4 is 21.3 Å². The molecular formula is C36H55N7O6. The quantitative estimate of drug-likeness (QED) is 0.210. The first-order chi connectivity index (χ1) is 23.4. The number of fused-ring (bicyclic) bond motifs is 1. The zero-order valence-corrected chi connectivity index (χ0v) is 29.5. The molecular weight excluding hydrogens is 626 g/mol. The molecule has 1 aromatic heterocycles. The van der Waals surface area contributed by atoms with Crippen molar-refractivity contribution in [3.05, 3.63) is 24.3 Å². The van der Waals surface area contributed by atoms with Gasteiger partial charge in [-0.05, 0) is 68.1 Å². The highest BCUT2D eigenvalue weighted by Crippen LogP contribution is 2.43. The Hall–Kier alpha value is -3.61. The summed E-state index contributed by atoms with van der Waals surface area (Å²) in [7, 11) is 0. The molecule has 0 radical (unpaired) electrons. The summed E-state index contributed by atoms with van der Waals surface area (Å²) < 4.78 is 0. The Morgan fingerprint density at radius 1 is 0.918 bits per heavy atom. The van der Waals surface area contributed by atoms with Crippen LogP contribution in [-0.4, -0.2) is 92.4 Å². The van der Waals surface area contributed by atoms with E-state index in [2.05, 4.69) is 31.2 Å². The van der Waals surface area contributed by atoms with Crippen molar-refractivity contribution >= 4 is 29.5 Å². The standard InChI is InChI=1S/C36H55N7O6/c1-5-10-25(29(44)34(48)39-23-15-16-23)40-33(47)28-24-14-9-13-22(24)20-43(28)35(49)30(36(2,3)4)42-32(46)27(21-11-7-6-8-12-21)41-31(45)26-19-37-17-18-38-26/h17-19,21-25,27-30,44H,5-16,20H2,1-4H3,(H,39,48)(H,40,47)(H,41,45)(H,42,46)/t22-,24-,25-,27-,28-,29?,30-/m0/s1. The summed E-state index contributed by atoms with van der Waals surface area (Å²) >= 11 is 0. The number of nitrogens with zero attached hydrogens (tertiary/aromatic N) is 3. The van der Waals surface area contributed by atoms with Gasteiger partial charge in [0.15, 0.2) is 6.10 Å². The number of hydrogen-bond acceptors (Lipinski definition) is 8. The van der Waals surface area contributed by atoms with Crippen LogP contribution in [0.15, 0.2) is 18.6 Å². The molecule has 4 fully saturated rings. The predicted molar refractivity (Wildman–Crippen MR) is 182 cm³/mol. The Balaban J connectivity index is 1.35. The SMILES string of the molecule is CCC[C@H](NC(=O)[C@@H]1[C@H]2CCC[C@H]2CN1C(=O)[C@H](NC(=O)[C@@H](NC(=O)c1cnccn1)C1CCCCC1)C(C)(C)C)C(O)C(=O)NC1CC1. The number of aliphatic hydroxyl groups is 1. The van der Waals surface area contributed by atoms with Crippen LogP contribution in [0.1, 0.15) is 115 Å². The lowest BCUT2D eigenvalue weighted by atomic mass is 9.82. The summed E-state index contributed by atoms with van der Waals surface area (Å²) in [6.07, 6.45) is 12.8. The lowest BCUT2D eigenvalue weighted by molar-refractivity contribution is -0.146. The van der Waals surface area contributed by atoms with Crippen LogP contribution in [0.25, 0.3) is 0 Å². The molecule has 1 unspecified atom stereocenters. The summed E-state index contributed by atoms with van der Waals surface area (Å²) in [5.74, 6) is -2.18. The molecule has 5 amide bonds. The average Bonchev–Trinajstić information content (AvgIpc) is 3.65. The second-order valence-electron chi connectivity index (χ2n) is 15.7. The van der Waals surface area contributed by atoms with Gasteiger partial charge in [0.2, 0.25) is 17.7 Å². The second kappa shape index (κ2) is 15.9. The van der Waals surface area contributed by atoms with Crippen LogP contribution in [0.2, 0.25) is 0 Å². The highest BCUT2D eigenvalue weighted by atomic mass is 16.3. The maximum Gasteiger partial charge on any atom is 0.272 e. The molecule has 3 saturated carbocycles. The van der Waals surface area contributed by atoms with E-state index in [1.807, 2.05) is 27.7 Å². The van der Waals surface area contributed by atoms with Gasteiger partial charge < -0.3 is 31.3 Å². The molecule has 49 heavy (non-hydrogen) atoms. The molecule has 1 aromatic rings. The van der Waals surface area contributed by atoms with Crippen LogP contribution in [0.3, 0.4) is 0 Å². The third-order valence-corrected chi connectivity index (χ3v) is 10.8. The van der Waals surface area contributed by atoms with E-state index >= 15 is 0 Å². The molecule has 0 aromatic carbocycles. The Morgan fingerprint density at radius 3 is 2.29 bits per heavy atom. The number of aromatic nitrogens is 2. The zero-order valence-electron chi connectivity index (χ0n) is 29.5. The molecule has 5 N–H and O–H groups in total. The van der Waals surface area contributed by atoms with Crippen molar-refractivity contribution in [2.75, 3.05) is 6.54 Å². The number of carbonyl (C=O) groups is 5. The predicted octanol–water partition coefficient (Wildman–Crippen LogP) is 2.24. The fourth-order valence-electron chi connectivity index (χ4n) is 8.00. The van der Waals surface area contributed by atoms with Gasteiger partial charge in [-0.15, -0.1) is 0 Å². The molecule has 5 rings (SSSR count). The summed E-state index contributed by atoms with van der Waals surface area (Å²) in [6, 6.07) is -3.35. The van der Waals surface area contributed by atoms with Crippen molar-refractivity contribution in [1.29, 1.82) is 0 Å². The minimum atomic E-state index is -1.40. The fourth-order valence-corrected chi connectivity index (χ4v) is 8.00. The topological polar surface area (TPSA) is 183 Å². The van der Waals surface area contributed by atoms with Crippen molar-refractivity contribution in [3.63, 3.8) is 0 Å². The number of aliphatic hydroxyl groups excluding tert-OH is 1. The highest BCUT2D eigenvalue weighted by molar-refractivity contribution is 5.98. The summed E-state index contributed by atoms with van der Waals surface area (Å²) in [5, 5.41) is 22.6. The lowest BCUT2D eigenvalue weighted by Crippen LogP contribution is -2.62. The minimum Gasteiger partial charge on any atom is -0.381 e. The van der Waals surface area contributed by atoms with Crippen LogP contribution >= 0.6 is 0 Å². The molecule has 3 aliphatic carbocycles. The third kappa shape index (κ3) is 8.95. The molecule has 270 valence electrons. The van der Waals surface area contributed by atoms with E-state index in [9.17, 15) is 29.1 Å². The van der Waals surface area contributed by atoms with Gasteiger partial charge >= 0.3 is 0 Å². The summed E-state index contributed by atoms with van der Waals surface area (Å²) in [4.78, 5) is 78.5. The Bertz CT molecular complexity index is 1340. The maximum atomic E-state index is 14.6. The van der Waals surface area contributed by atoms with E-state index in [0.29, 0.717) is 19.4 Å². The Labute approximate surface area is 289 Å². The molecule has 13 heteroatoms. The fraction of sp³-hybridized carbons (Fsp3) is 0.750. The largest absolute Gasteiger partial charge is 0.381 e. The van der Waals surface area contributed by atoms with Gasteiger partial charge in [0.05, 0.1) is 12.2 Å². The summed E-state index contributed by atoms with van der Waals surface area (Å²) in [6.45, 7) is 7.95. The molecule has 1 aliphatic heterocycles. The van der Waals surface area contributed by atoms with E-state index in [4.69, 9.17) is 0 Å². The Morgan fingerprint density at radius 2 is 1.65 bits per heavy atom. The molecule has 13 nitrogen and oxygen atoms in total. The monoisotopic (exact) mass is 681 g/mol. The Kier molecular flexibility index (Phi) is 11.9. The second-order valence-corrected chi connectivity index (χ2v) is 15.7. The van der Waals surface area contributed by atoms with Crippen LogP contribution in [0.5, 0.6) is 0 Å². The number of likely N-dealkylation sites (tertiary alicyclic amines) is 1. The summed E-state index contributed by atoms with van der Waals surface area (Å²) in [5.41, 5.74) is -0.618. The lowest BCUT2D eigenvalue weighted by Gasteiger charge is -2.38. The van der Waals surface area contributed by atoms with Crippen LogP contribution in [0, 0.1) is 23.2 Å². The van der Waals surface area contributed by atoms with Crippen molar-refractivity contribution in [1.82, 2.24) is 36.1 Å². The van der Waals surface area contributed by atoms with Crippen molar-refractivity contribution in [3.8, 4) is 0 Å². The number of rotatable bonds is 13. The van der Waals surface area contributed by atoms with E-state index < -0.39 is 53.4 Å². The van der Waals surface area contributed by atoms with E-state index in [1.54, 1.807) is 4.90 Å². The first-order valence-corrected chi connectivity index (χ1v) is 18.4. The molecule has 1 saturated heterocycles. The van der Waals surface area contributed by atoms with E-state index in [0.717, 1.165) is 64.2 Å². The van der Waals surface area contributed by atoms with E-state index in [-0.39, 0.29) is 41.3 Å². The van der Waals surface area contributed by atoms with Crippen molar-refractivity contribution < 1.29 is 29.1 Å². The van der Waals surface area contributed by atoms with Crippen LogP contribution in [0.4, 0.5) is 0 Å². The molecule has 2 heterocycles. The van der Waals surface area contributed by atoms with Gasteiger partial charge in [-0.3, -0.25) is 29.0 Å². The molecule has 7 atom stereocenters. The average molecular weight is 682 g/mol. The number of amides is 5. The molecule has 0 bridgehead atoms. The maximum absolute atomic E-state index is 14.6. The minimum absolute atomic E-state index is 0.0544. The third-order valence-electron chi connectivity index (χ3n) is 10.8. The number of hydrogen-bond donors (Lipinski definition) is 5. The van der Waals surface area contributed by atoms with Gasteiger partial charge in [0.25, 0.3) is 11.8 Å². The molecule has 4 aliphatic rings. The smallest absolute Gasteiger partial charge is 0.272 e. The normalized spacial score (nSPS) is 25.0. The van der Waals surface area contributed by atoms with Gasteiger partial charge in [-0.1, -0.05) is 59.8 Å². The van der Waals surface area contributed by atoms with Gasteiger partial charge in [-0.2, -0.15) is 0 Å². The zero-order chi connectivity index (χ0) is 35.3. The van der Waals surface area contributed by atoms with E-state index in [1.165, 1.54) is 18.6 Å². The van der Waals surface area contributed by atoms with Gasteiger partial charge in [-0.25, -0.2) is 4.98 Å².